The molecule has 0 N–H and O–H groups in total. The fraction of sp³-hybridized carbons (Fsp3) is 0.438. The molecular weight excluding hydrogens is 280 g/mol. The van der Waals surface area contributed by atoms with Crippen molar-refractivity contribution in [2.24, 2.45) is 0 Å². The zero-order valence-corrected chi connectivity index (χ0v) is 12.9. The Balaban J connectivity index is 1.82. The van der Waals surface area contributed by atoms with E-state index in [-0.39, 0.29) is 10.6 Å². The second kappa shape index (κ2) is 5.79. The maximum absolute atomic E-state index is 10.9. The normalized spacial score (nSPS) is 17.9. The number of hydrogen-bond acceptors (Lipinski definition) is 4. The monoisotopic (exact) mass is 300 g/mol. The lowest BCUT2D eigenvalue weighted by atomic mass is 10.1. The van der Waals surface area contributed by atoms with Crippen molar-refractivity contribution in [1.82, 2.24) is 9.55 Å². The number of aryl methyl sites for hydroxylation is 2. The van der Waals surface area contributed by atoms with Crippen LogP contribution in [0.5, 0.6) is 0 Å². The van der Waals surface area contributed by atoms with Gasteiger partial charge in [0.1, 0.15) is 5.82 Å². The van der Waals surface area contributed by atoms with Gasteiger partial charge in [0.15, 0.2) is 0 Å². The highest BCUT2D eigenvalue weighted by Crippen LogP contribution is 2.30. The highest BCUT2D eigenvalue weighted by atomic mass is 16.6. The van der Waals surface area contributed by atoms with Crippen LogP contribution in [0.3, 0.4) is 0 Å². The summed E-state index contributed by atoms with van der Waals surface area (Å²) in [5.74, 6) is 1.02. The van der Waals surface area contributed by atoms with E-state index in [1.807, 2.05) is 31.5 Å². The lowest BCUT2D eigenvalue weighted by molar-refractivity contribution is -0.385. The molecule has 3 rings (SSSR count). The standard InChI is InChI=1S/C16H20N4O2/c1-12-10-14(5-6-16(12)20(21)22)19-8-3-4-15(19)11-18-9-7-17-13(18)2/h5-7,9-10,15H,3-4,8,11H2,1-2H3. The van der Waals surface area contributed by atoms with Crippen LogP contribution in [0.1, 0.15) is 24.2 Å². The molecule has 6 heteroatoms. The molecule has 0 bridgehead atoms. The van der Waals surface area contributed by atoms with Gasteiger partial charge in [0, 0.05) is 48.8 Å². The van der Waals surface area contributed by atoms with Crippen molar-refractivity contribution >= 4 is 11.4 Å². The molecule has 2 aromatic rings. The first-order valence-corrected chi connectivity index (χ1v) is 7.55. The molecule has 0 amide bonds. The molecule has 1 aliphatic rings. The van der Waals surface area contributed by atoms with Crippen LogP contribution in [0.15, 0.2) is 30.6 Å². The van der Waals surface area contributed by atoms with Crippen molar-refractivity contribution in [3.63, 3.8) is 0 Å². The molecule has 2 heterocycles. The Morgan fingerprint density at radius 1 is 1.41 bits per heavy atom. The van der Waals surface area contributed by atoms with Gasteiger partial charge in [-0.05, 0) is 38.8 Å². The number of nitro groups is 1. The van der Waals surface area contributed by atoms with Crippen LogP contribution in [-0.2, 0) is 6.54 Å². The minimum atomic E-state index is -0.324. The van der Waals surface area contributed by atoms with Crippen molar-refractivity contribution in [2.45, 2.75) is 39.3 Å². The Morgan fingerprint density at radius 2 is 2.23 bits per heavy atom. The van der Waals surface area contributed by atoms with Crippen LogP contribution in [0.25, 0.3) is 0 Å². The number of hydrogen-bond donors (Lipinski definition) is 0. The van der Waals surface area contributed by atoms with E-state index in [1.165, 1.54) is 0 Å². The summed E-state index contributed by atoms with van der Waals surface area (Å²) in [5.41, 5.74) is 1.97. The number of aromatic nitrogens is 2. The second-order valence-electron chi connectivity index (χ2n) is 5.84. The van der Waals surface area contributed by atoms with Gasteiger partial charge < -0.3 is 9.47 Å². The largest absolute Gasteiger partial charge is 0.367 e. The summed E-state index contributed by atoms with van der Waals surface area (Å²) in [6.07, 6.45) is 6.11. The first-order valence-electron chi connectivity index (χ1n) is 7.55. The number of benzene rings is 1. The predicted octanol–water partition coefficient (Wildman–Crippen LogP) is 3.08. The maximum atomic E-state index is 10.9. The van der Waals surface area contributed by atoms with E-state index in [2.05, 4.69) is 14.5 Å². The summed E-state index contributed by atoms with van der Waals surface area (Å²) in [7, 11) is 0. The van der Waals surface area contributed by atoms with Crippen molar-refractivity contribution in [1.29, 1.82) is 0 Å². The van der Waals surface area contributed by atoms with Gasteiger partial charge in [0.25, 0.3) is 5.69 Å². The number of nitrogens with zero attached hydrogens (tertiary/aromatic N) is 4. The van der Waals surface area contributed by atoms with E-state index in [0.29, 0.717) is 11.6 Å². The highest BCUT2D eigenvalue weighted by molar-refractivity contribution is 5.56. The Bertz CT molecular complexity index is 695. The smallest absolute Gasteiger partial charge is 0.272 e. The topological polar surface area (TPSA) is 64.2 Å². The zero-order valence-electron chi connectivity index (χ0n) is 12.9. The summed E-state index contributed by atoms with van der Waals surface area (Å²) in [6, 6.07) is 5.82. The molecule has 0 spiro atoms. The molecule has 1 unspecified atom stereocenters. The average Bonchev–Trinajstić information content (AvgIpc) is 3.09. The van der Waals surface area contributed by atoms with Crippen LogP contribution in [0.2, 0.25) is 0 Å². The van der Waals surface area contributed by atoms with Crippen LogP contribution in [0, 0.1) is 24.0 Å². The van der Waals surface area contributed by atoms with Gasteiger partial charge in [0.2, 0.25) is 0 Å². The molecule has 1 fully saturated rings. The average molecular weight is 300 g/mol. The zero-order chi connectivity index (χ0) is 15.7. The SMILES string of the molecule is Cc1cc(N2CCCC2Cn2ccnc2C)ccc1[N+](=O)[O-]. The van der Waals surface area contributed by atoms with Crippen LogP contribution >= 0.6 is 0 Å². The van der Waals surface area contributed by atoms with E-state index in [4.69, 9.17) is 0 Å². The molecule has 6 nitrogen and oxygen atoms in total. The molecule has 0 aliphatic carbocycles. The molecule has 1 aliphatic heterocycles. The summed E-state index contributed by atoms with van der Waals surface area (Å²) in [5, 5.41) is 10.9. The van der Waals surface area contributed by atoms with Gasteiger partial charge in [-0.1, -0.05) is 0 Å². The number of imidazole rings is 1. The number of rotatable bonds is 4. The molecule has 1 aromatic heterocycles. The summed E-state index contributed by atoms with van der Waals surface area (Å²) in [4.78, 5) is 17.3. The number of anilines is 1. The number of nitro benzene ring substituents is 1. The van der Waals surface area contributed by atoms with Gasteiger partial charge in [-0.2, -0.15) is 0 Å². The van der Waals surface area contributed by atoms with Gasteiger partial charge in [-0.25, -0.2) is 4.98 Å². The summed E-state index contributed by atoms with van der Waals surface area (Å²) >= 11 is 0. The Kier molecular flexibility index (Phi) is 3.83. The van der Waals surface area contributed by atoms with Gasteiger partial charge in [-0.15, -0.1) is 0 Å². The minimum absolute atomic E-state index is 0.185. The second-order valence-corrected chi connectivity index (χ2v) is 5.84. The minimum Gasteiger partial charge on any atom is -0.367 e. The van der Waals surface area contributed by atoms with E-state index in [9.17, 15) is 10.1 Å². The highest BCUT2D eigenvalue weighted by Gasteiger charge is 2.26. The van der Waals surface area contributed by atoms with Gasteiger partial charge >= 0.3 is 0 Å². The maximum Gasteiger partial charge on any atom is 0.272 e. The third kappa shape index (κ3) is 2.68. The lowest BCUT2D eigenvalue weighted by Gasteiger charge is -2.27. The summed E-state index contributed by atoms with van der Waals surface area (Å²) < 4.78 is 2.17. The lowest BCUT2D eigenvalue weighted by Crippen LogP contribution is -2.33. The van der Waals surface area contributed by atoms with Crippen LogP contribution in [0.4, 0.5) is 11.4 Å². The van der Waals surface area contributed by atoms with E-state index in [0.717, 1.165) is 37.4 Å². The van der Waals surface area contributed by atoms with Gasteiger partial charge in [0.05, 0.1) is 4.92 Å². The Labute approximate surface area is 129 Å². The third-order valence-electron chi connectivity index (χ3n) is 4.42. The molecule has 22 heavy (non-hydrogen) atoms. The fourth-order valence-corrected chi connectivity index (χ4v) is 3.21. The summed E-state index contributed by atoms with van der Waals surface area (Å²) in [6.45, 7) is 5.71. The third-order valence-corrected chi connectivity index (χ3v) is 4.42. The quantitative estimate of drug-likeness (QED) is 0.643. The first-order chi connectivity index (χ1) is 10.6. The molecule has 1 aromatic carbocycles. The molecule has 0 radical (unpaired) electrons. The Morgan fingerprint density at radius 3 is 2.86 bits per heavy atom. The molecule has 1 saturated heterocycles. The van der Waals surface area contributed by atoms with E-state index in [1.54, 1.807) is 13.0 Å². The van der Waals surface area contributed by atoms with Gasteiger partial charge in [-0.3, -0.25) is 10.1 Å². The van der Waals surface area contributed by atoms with Crippen LogP contribution in [-0.4, -0.2) is 27.1 Å². The fourth-order valence-electron chi connectivity index (χ4n) is 3.21. The van der Waals surface area contributed by atoms with E-state index >= 15 is 0 Å². The molecule has 116 valence electrons. The van der Waals surface area contributed by atoms with Crippen molar-refractivity contribution < 1.29 is 4.92 Å². The van der Waals surface area contributed by atoms with Crippen LogP contribution < -0.4 is 4.90 Å². The van der Waals surface area contributed by atoms with E-state index < -0.39 is 0 Å². The molecule has 0 saturated carbocycles. The molecule has 1 atom stereocenters. The molecular formula is C16H20N4O2. The van der Waals surface area contributed by atoms with Crippen molar-refractivity contribution in [3.05, 3.63) is 52.1 Å². The Hall–Kier alpha value is -2.37. The van der Waals surface area contributed by atoms with Crippen molar-refractivity contribution in [2.75, 3.05) is 11.4 Å². The predicted molar refractivity (Wildman–Crippen MR) is 85.2 cm³/mol. The van der Waals surface area contributed by atoms with Crippen molar-refractivity contribution in [3.8, 4) is 0 Å². The first kappa shape index (κ1) is 14.6.